The van der Waals surface area contributed by atoms with E-state index >= 15 is 0 Å². The zero-order valence-electron chi connectivity index (χ0n) is 23.5. The zero-order chi connectivity index (χ0) is 32.0. The summed E-state index contributed by atoms with van der Waals surface area (Å²) in [4.78, 5) is 47.6. The molecule has 0 atom stereocenters. The van der Waals surface area contributed by atoms with Gasteiger partial charge in [-0.3, -0.25) is 30.2 Å². The third-order valence-corrected chi connectivity index (χ3v) is 8.75. The molecule has 228 valence electrons. The second-order valence-corrected chi connectivity index (χ2v) is 11.9. The summed E-state index contributed by atoms with van der Waals surface area (Å²) in [5.41, 5.74) is 2.78. The highest BCUT2D eigenvalue weighted by Gasteiger charge is 2.19. The van der Waals surface area contributed by atoms with Gasteiger partial charge in [-0.1, -0.05) is 41.9 Å². The number of nitrogens with one attached hydrogen (secondary N) is 1. The Morgan fingerprint density at radius 1 is 0.696 bits per heavy atom. The quantitative estimate of drug-likeness (QED) is 0.0956. The number of hydrogen-bond acceptors (Lipinski definition) is 13. The van der Waals surface area contributed by atoms with E-state index in [4.69, 9.17) is 11.6 Å². The van der Waals surface area contributed by atoms with Crippen LogP contribution in [-0.2, 0) is 6.42 Å². The molecule has 0 bridgehead atoms. The summed E-state index contributed by atoms with van der Waals surface area (Å²) in [6, 6.07) is 20.2. The Bertz CT molecular complexity index is 2170. The van der Waals surface area contributed by atoms with Crippen molar-refractivity contribution in [3.8, 4) is 22.8 Å². The molecule has 7 rings (SSSR count). The van der Waals surface area contributed by atoms with Crippen LogP contribution in [-0.4, -0.2) is 46.3 Å². The minimum atomic E-state index is -0.464. The van der Waals surface area contributed by atoms with Crippen LogP contribution in [0.2, 0.25) is 5.15 Å². The average Bonchev–Trinajstić information content (AvgIpc) is 3.72. The highest BCUT2D eigenvalue weighted by Crippen LogP contribution is 2.36. The fraction of sp³-hybridized carbons (Fsp3) is 0.0667. The van der Waals surface area contributed by atoms with Gasteiger partial charge in [0, 0.05) is 54.6 Å². The summed E-state index contributed by atoms with van der Waals surface area (Å²) in [6.45, 7) is 0.662. The molecule has 0 saturated heterocycles. The summed E-state index contributed by atoms with van der Waals surface area (Å²) in [6.07, 6.45) is 7.40. The van der Waals surface area contributed by atoms with Gasteiger partial charge < -0.3 is 5.32 Å². The number of fused-ring (bicyclic) bond motifs is 2. The van der Waals surface area contributed by atoms with Crippen molar-refractivity contribution in [2.24, 2.45) is 0 Å². The molecule has 1 aromatic carbocycles. The van der Waals surface area contributed by atoms with Gasteiger partial charge in [-0.05, 0) is 58.9 Å². The van der Waals surface area contributed by atoms with Crippen molar-refractivity contribution in [3.63, 3.8) is 0 Å². The van der Waals surface area contributed by atoms with Crippen molar-refractivity contribution in [1.82, 2.24) is 29.9 Å². The largest absolute Gasteiger partial charge is 0.369 e. The standard InChI is InChI=1S/C19H15N5O2S.C11H5ClN4O2S/c25-24(26)16-12-15-18(21-11-6-13-4-2-1-3-5-13)22-17(23-19(15)27-16)14-7-9-20-10-8-14;12-9-7-5-8(16(17)18)19-11(7)15-10(14-9)6-1-3-13-4-2-6/h1-5,7-10,12H,6,11H2,(H,21,22,23);1-5H. The van der Waals surface area contributed by atoms with Crippen molar-refractivity contribution >= 4 is 70.5 Å². The minimum absolute atomic E-state index is 0.00178. The van der Waals surface area contributed by atoms with E-state index in [2.05, 4.69) is 47.4 Å². The fourth-order valence-corrected chi connectivity index (χ4v) is 6.30. The summed E-state index contributed by atoms with van der Waals surface area (Å²) in [7, 11) is 0. The van der Waals surface area contributed by atoms with Crippen LogP contribution in [0.25, 0.3) is 43.2 Å². The molecule has 0 aliphatic rings. The smallest absolute Gasteiger partial charge is 0.326 e. The second-order valence-electron chi connectivity index (χ2n) is 9.49. The van der Waals surface area contributed by atoms with Crippen LogP contribution < -0.4 is 5.32 Å². The second kappa shape index (κ2) is 13.6. The first-order valence-electron chi connectivity index (χ1n) is 13.5. The number of aromatic nitrogens is 6. The van der Waals surface area contributed by atoms with Crippen molar-refractivity contribution in [1.29, 1.82) is 0 Å². The Morgan fingerprint density at radius 3 is 1.78 bits per heavy atom. The van der Waals surface area contributed by atoms with E-state index < -0.39 is 9.85 Å². The number of nitro groups is 2. The highest BCUT2D eigenvalue weighted by molar-refractivity contribution is 7.22. The molecule has 0 aliphatic heterocycles. The lowest BCUT2D eigenvalue weighted by atomic mass is 10.1. The molecular formula is C30H20ClN9O4S2. The van der Waals surface area contributed by atoms with Crippen molar-refractivity contribution in [2.45, 2.75) is 6.42 Å². The summed E-state index contributed by atoms with van der Waals surface area (Å²) < 4.78 is 0. The van der Waals surface area contributed by atoms with Crippen LogP contribution in [0.4, 0.5) is 15.8 Å². The van der Waals surface area contributed by atoms with Crippen LogP contribution in [0.5, 0.6) is 0 Å². The van der Waals surface area contributed by atoms with E-state index in [0.29, 0.717) is 44.4 Å². The minimum Gasteiger partial charge on any atom is -0.369 e. The number of halogens is 1. The fourth-order valence-electron chi connectivity index (χ4n) is 4.33. The predicted octanol–water partition coefficient (Wildman–Crippen LogP) is 7.63. The Labute approximate surface area is 273 Å². The maximum Gasteiger partial charge on any atom is 0.326 e. The Hall–Kier alpha value is -5.51. The first kappa shape index (κ1) is 30.5. The van der Waals surface area contributed by atoms with Gasteiger partial charge in [0.05, 0.1) is 20.6 Å². The zero-order valence-corrected chi connectivity index (χ0v) is 25.9. The van der Waals surface area contributed by atoms with E-state index in [0.717, 1.165) is 40.2 Å². The van der Waals surface area contributed by atoms with Gasteiger partial charge in [0.15, 0.2) is 11.6 Å². The lowest BCUT2D eigenvalue weighted by Crippen LogP contribution is -2.07. The molecule has 0 radical (unpaired) electrons. The van der Waals surface area contributed by atoms with Crippen LogP contribution >= 0.6 is 34.3 Å². The van der Waals surface area contributed by atoms with E-state index in [1.807, 2.05) is 30.3 Å². The molecule has 0 spiro atoms. The lowest BCUT2D eigenvalue weighted by Gasteiger charge is -2.09. The molecule has 0 amide bonds. The highest BCUT2D eigenvalue weighted by atomic mass is 35.5. The number of hydrogen-bond donors (Lipinski definition) is 1. The van der Waals surface area contributed by atoms with Gasteiger partial charge in [-0.25, -0.2) is 19.9 Å². The summed E-state index contributed by atoms with van der Waals surface area (Å²) in [5, 5.41) is 26.7. The van der Waals surface area contributed by atoms with Gasteiger partial charge >= 0.3 is 10.0 Å². The SMILES string of the molecule is O=[N+]([O-])c1cc2c(Cl)nc(-c3ccncc3)nc2s1.O=[N+]([O-])c1cc2c(NCCc3ccccc3)nc(-c3ccncc3)nc2s1. The molecule has 0 saturated carbocycles. The van der Waals surface area contributed by atoms with Gasteiger partial charge in [0.1, 0.15) is 20.6 Å². The van der Waals surface area contributed by atoms with Gasteiger partial charge in [0.25, 0.3) is 0 Å². The number of pyridine rings is 2. The van der Waals surface area contributed by atoms with Crippen LogP contribution in [0.1, 0.15) is 5.56 Å². The topological polar surface area (TPSA) is 176 Å². The Kier molecular flexibility index (Phi) is 9.05. The van der Waals surface area contributed by atoms with E-state index in [1.165, 1.54) is 17.7 Å². The number of thiophene rings is 2. The van der Waals surface area contributed by atoms with Crippen molar-refractivity contribution < 1.29 is 9.85 Å². The van der Waals surface area contributed by atoms with E-state index in [1.54, 1.807) is 36.9 Å². The molecule has 0 aliphatic carbocycles. The molecule has 13 nitrogen and oxygen atoms in total. The van der Waals surface area contributed by atoms with Crippen molar-refractivity contribution in [2.75, 3.05) is 11.9 Å². The molecule has 7 aromatic rings. The molecule has 6 aromatic heterocycles. The van der Waals surface area contributed by atoms with Crippen LogP contribution in [0.3, 0.4) is 0 Å². The summed E-state index contributed by atoms with van der Waals surface area (Å²) in [5.74, 6) is 1.55. The normalized spacial score (nSPS) is 10.8. The van der Waals surface area contributed by atoms with E-state index in [-0.39, 0.29) is 15.2 Å². The van der Waals surface area contributed by atoms with Crippen LogP contribution in [0, 0.1) is 20.2 Å². The molecule has 0 unspecified atom stereocenters. The molecule has 16 heteroatoms. The number of benzene rings is 1. The lowest BCUT2D eigenvalue weighted by molar-refractivity contribution is -0.380. The maximum atomic E-state index is 11.2. The van der Waals surface area contributed by atoms with Crippen LogP contribution in [0.15, 0.2) is 91.5 Å². The van der Waals surface area contributed by atoms with Crippen molar-refractivity contribution in [3.05, 3.63) is 122 Å². The monoisotopic (exact) mass is 669 g/mol. The average molecular weight is 670 g/mol. The summed E-state index contributed by atoms with van der Waals surface area (Å²) >= 11 is 8.08. The Morgan fingerprint density at radius 2 is 1.22 bits per heavy atom. The molecule has 6 heterocycles. The third-order valence-electron chi connectivity index (χ3n) is 6.50. The number of rotatable bonds is 8. The molecular weight excluding hydrogens is 650 g/mol. The first-order valence-corrected chi connectivity index (χ1v) is 15.5. The van der Waals surface area contributed by atoms with Gasteiger partial charge in [0.2, 0.25) is 0 Å². The van der Waals surface area contributed by atoms with E-state index in [9.17, 15) is 20.2 Å². The first-order chi connectivity index (χ1) is 22.4. The Balaban J connectivity index is 0.000000172. The number of nitrogens with zero attached hydrogens (tertiary/aromatic N) is 8. The van der Waals surface area contributed by atoms with Gasteiger partial charge in [-0.15, -0.1) is 0 Å². The molecule has 46 heavy (non-hydrogen) atoms. The third kappa shape index (κ3) is 6.91. The predicted molar refractivity (Wildman–Crippen MR) is 178 cm³/mol. The number of anilines is 1. The molecule has 1 N–H and O–H groups in total. The van der Waals surface area contributed by atoms with Gasteiger partial charge in [-0.2, -0.15) is 0 Å². The maximum absolute atomic E-state index is 11.2. The molecule has 0 fully saturated rings.